The molecule has 5 heteroatoms. The van der Waals surface area contributed by atoms with Crippen molar-refractivity contribution in [2.24, 2.45) is 0 Å². The Morgan fingerprint density at radius 3 is 2.43 bits per heavy atom. The molecule has 0 spiro atoms. The fourth-order valence-electron chi connectivity index (χ4n) is 1.83. The molecule has 1 rings (SSSR count). The monoisotopic (exact) mass is 354 g/mol. The van der Waals surface area contributed by atoms with Crippen LogP contribution in [0.2, 0.25) is 0 Å². The molecular weight excluding hydrogens is 332 g/mol. The van der Waals surface area contributed by atoms with Crippen molar-refractivity contribution < 1.29 is 9.59 Å². The number of carbonyl (C=O) groups excluding carboxylic acids is 2. The Morgan fingerprint density at radius 2 is 1.86 bits per heavy atom. The highest BCUT2D eigenvalue weighted by molar-refractivity contribution is 9.10. The van der Waals surface area contributed by atoms with Crippen LogP contribution in [0.4, 0.5) is 5.69 Å². The molecule has 0 unspecified atom stereocenters. The van der Waals surface area contributed by atoms with E-state index in [9.17, 15) is 9.59 Å². The van der Waals surface area contributed by atoms with Crippen LogP contribution in [0.5, 0.6) is 0 Å². The van der Waals surface area contributed by atoms with E-state index in [0.717, 1.165) is 11.3 Å². The van der Waals surface area contributed by atoms with Crippen LogP contribution < -0.4 is 10.6 Å². The third-order valence-corrected chi connectivity index (χ3v) is 3.39. The van der Waals surface area contributed by atoms with Gasteiger partial charge in [-0.1, -0.05) is 48.0 Å². The van der Waals surface area contributed by atoms with Crippen molar-refractivity contribution in [3.63, 3.8) is 0 Å². The van der Waals surface area contributed by atoms with Crippen molar-refractivity contribution in [3.8, 4) is 0 Å². The average Bonchev–Trinajstić information content (AvgIpc) is 2.37. The van der Waals surface area contributed by atoms with Gasteiger partial charge in [0.25, 0.3) is 0 Å². The lowest BCUT2D eigenvalue weighted by molar-refractivity contribution is -0.122. The Kier molecular flexibility index (Phi) is 6.40. The Labute approximate surface area is 134 Å². The fourth-order valence-corrected chi connectivity index (χ4v) is 1.97. The van der Waals surface area contributed by atoms with Crippen LogP contribution in [-0.2, 0) is 9.59 Å². The highest BCUT2D eigenvalue weighted by Gasteiger charge is 2.23. The number of nitrogens with one attached hydrogen (secondary N) is 2. The Bertz CT molecular complexity index is 507. The summed E-state index contributed by atoms with van der Waals surface area (Å²) in [4.78, 5) is 23.6. The van der Waals surface area contributed by atoms with Crippen molar-refractivity contribution in [2.75, 3.05) is 11.9 Å². The molecule has 0 heterocycles. The molecule has 116 valence electrons. The molecule has 0 fully saturated rings. The first-order valence-electron chi connectivity index (χ1n) is 7.08. The van der Waals surface area contributed by atoms with Crippen LogP contribution in [0.1, 0.15) is 45.6 Å². The first-order chi connectivity index (χ1) is 9.71. The van der Waals surface area contributed by atoms with Crippen molar-refractivity contribution in [2.45, 2.75) is 44.4 Å². The van der Waals surface area contributed by atoms with Gasteiger partial charge in [0, 0.05) is 18.7 Å². The van der Waals surface area contributed by atoms with Crippen molar-refractivity contribution >= 4 is 33.4 Å². The second kappa shape index (κ2) is 7.59. The minimum Gasteiger partial charge on any atom is -0.354 e. The van der Waals surface area contributed by atoms with Gasteiger partial charge in [0.2, 0.25) is 11.8 Å². The molecule has 1 aromatic carbocycles. The molecule has 2 N–H and O–H groups in total. The fraction of sp³-hybridized carbons (Fsp3) is 0.500. The quantitative estimate of drug-likeness (QED) is 0.768. The van der Waals surface area contributed by atoms with Gasteiger partial charge >= 0.3 is 0 Å². The summed E-state index contributed by atoms with van der Waals surface area (Å²) >= 11 is 3.28. The van der Waals surface area contributed by atoms with Gasteiger partial charge in [0.05, 0.1) is 4.32 Å². The normalized spacial score (nSPS) is 11.3. The van der Waals surface area contributed by atoms with Gasteiger partial charge in [-0.15, -0.1) is 0 Å². The number of hydrogen-bond acceptors (Lipinski definition) is 2. The molecular formula is C16H23BrN2O2. The summed E-state index contributed by atoms with van der Waals surface area (Å²) < 4.78 is -0.617. The highest BCUT2D eigenvalue weighted by Crippen LogP contribution is 2.23. The maximum atomic E-state index is 11.9. The molecule has 0 aliphatic carbocycles. The summed E-state index contributed by atoms with van der Waals surface area (Å²) in [6.45, 7) is 8.03. The molecule has 0 saturated carbocycles. The zero-order chi connectivity index (χ0) is 16.0. The van der Waals surface area contributed by atoms with Crippen molar-refractivity contribution in [1.82, 2.24) is 5.32 Å². The molecule has 21 heavy (non-hydrogen) atoms. The number of hydrogen-bond donors (Lipinski definition) is 2. The first-order valence-corrected chi connectivity index (χ1v) is 7.87. The lowest BCUT2D eigenvalue weighted by Crippen LogP contribution is -2.38. The predicted molar refractivity (Wildman–Crippen MR) is 89.8 cm³/mol. The third-order valence-electron chi connectivity index (χ3n) is 3.03. The molecule has 0 atom stereocenters. The molecule has 0 saturated heterocycles. The second-order valence-electron chi connectivity index (χ2n) is 5.77. The summed E-state index contributed by atoms with van der Waals surface area (Å²) in [6, 6.07) is 7.77. The van der Waals surface area contributed by atoms with E-state index < -0.39 is 4.32 Å². The van der Waals surface area contributed by atoms with E-state index in [1.165, 1.54) is 0 Å². The molecule has 0 bridgehead atoms. The van der Waals surface area contributed by atoms with E-state index in [2.05, 4.69) is 40.4 Å². The smallest absolute Gasteiger partial charge is 0.236 e. The minimum absolute atomic E-state index is 0.101. The summed E-state index contributed by atoms with van der Waals surface area (Å²) in [5.41, 5.74) is 1.95. The number of alkyl halides is 1. The largest absolute Gasteiger partial charge is 0.354 e. The third kappa shape index (κ3) is 5.87. The number of anilines is 1. The number of carbonyl (C=O) groups is 2. The summed E-state index contributed by atoms with van der Waals surface area (Å²) in [7, 11) is 0. The van der Waals surface area contributed by atoms with Gasteiger partial charge < -0.3 is 10.6 Å². The standard InChI is InChI=1S/C16H23BrN2O2/c1-11(2)12-7-5-6-8-13(12)19-14(20)9-10-18-15(21)16(3,4)17/h5-8,11H,9-10H2,1-4H3,(H,18,21)(H,19,20). The van der Waals surface area contributed by atoms with E-state index >= 15 is 0 Å². The number of rotatable bonds is 6. The van der Waals surface area contributed by atoms with Gasteiger partial charge in [-0.2, -0.15) is 0 Å². The zero-order valence-corrected chi connectivity index (χ0v) is 14.6. The highest BCUT2D eigenvalue weighted by atomic mass is 79.9. The maximum Gasteiger partial charge on any atom is 0.236 e. The SMILES string of the molecule is CC(C)c1ccccc1NC(=O)CCNC(=O)C(C)(C)Br. The summed E-state index contributed by atoms with van der Waals surface area (Å²) in [5.74, 6) is 0.115. The van der Waals surface area contributed by atoms with E-state index in [-0.39, 0.29) is 18.2 Å². The molecule has 0 aromatic heterocycles. The van der Waals surface area contributed by atoms with Crippen LogP contribution in [0.25, 0.3) is 0 Å². The molecule has 1 aromatic rings. The Morgan fingerprint density at radius 1 is 1.24 bits per heavy atom. The van der Waals surface area contributed by atoms with Crippen LogP contribution in [0, 0.1) is 0 Å². The van der Waals surface area contributed by atoms with Crippen LogP contribution >= 0.6 is 15.9 Å². The van der Waals surface area contributed by atoms with E-state index in [4.69, 9.17) is 0 Å². The van der Waals surface area contributed by atoms with Crippen LogP contribution in [0.15, 0.2) is 24.3 Å². The first kappa shape index (κ1) is 17.7. The average molecular weight is 355 g/mol. The lowest BCUT2D eigenvalue weighted by atomic mass is 10.0. The molecule has 4 nitrogen and oxygen atoms in total. The minimum atomic E-state index is -0.617. The maximum absolute atomic E-state index is 11.9. The molecule has 0 radical (unpaired) electrons. The van der Waals surface area contributed by atoms with Crippen molar-refractivity contribution in [1.29, 1.82) is 0 Å². The molecule has 0 aliphatic rings. The van der Waals surface area contributed by atoms with E-state index in [1.807, 2.05) is 24.3 Å². The lowest BCUT2D eigenvalue weighted by Gasteiger charge is -2.16. The summed E-state index contributed by atoms with van der Waals surface area (Å²) in [5, 5.41) is 5.63. The van der Waals surface area contributed by atoms with Gasteiger partial charge in [0.15, 0.2) is 0 Å². The molecule has 0 aliphatic heterocycles. The zero-order valence-electron chi connectivity index (χ0n) is 13.0. The van der Waals surface area contributed by atoms with Gasteiger partial charge in [-0.3, -0.25) is 9.59 Å². The van der Waals surface area contributed by atoms with Crippen LogP contribution in [0.3, 0.4) is 0 Å². The number of benzene rings is 1. The second-order valence-corrected chi connectivity index (χ2v) is 7.75. The number of amides is 2. The molecule has 2 amide bonds. The van der Waals surface area contributed by atoms with Gasteiger partial charge in [-0.25, -0.2) is 0 Å². The number of halogens is 1. The van der Waals surface area contributed by atoms with Gasteiger partial charge in [-0.05, 0) is 31.4 Å². The Balaban J connectivity index is 2.50. The summed E-state index contributed by atoms with van der Waals surface area (Å²) in [6.07, 6.45) is 0.251. The van der Waals surface area contributed by atoms with E-state index in [0.29, 0.717) is 12.5 Å². The van der Waals surface area contributed by atoms with Gasteiger partial charge in [0.1, 0.15) is 0 Å². The van der Waals surface area contributed by atoms with E-state index in [1.54, 1.807) is 13.8 Å². The van der Waals surface area contributed by atoms with Crippen LogP contribution in [-0.4, -0.2) is 22.7 Å². The predicted octanol–water partition coefficient (Wildman–Crippen LogP) is 3.43. The topological polar surface area (TPSA) is 58.2 Å². The number of para-hydroxylation sites is 1. The Hall–Kier alpha value is -1.36. The van der Waals surface area contributed by atoms with Crippen molar-refractivity contribution in [3.05, 3.63) is 29.8 Å².